The normalized spacial score (nSPS) is 32.9. The summed E-state index contributed by atoms with van der Waals surface area (Å²) in [5.74, 6) is 0.374. The van der Waals surface area contributed by atoms with Gasteiger partial charge in [-0.2, -0.15) is 0 Å². The molecule has 3 rings (SSSR count). The number of likely N-dealkylation sites (tertiary alicyclic amines) is 2. The van der Waals surface area contributed by atoms with Gasteiger partial charge in [-0.3, -0.25) is 9.69 Å². The molecule has 0 aromatic rings. The second-order valence-electron chi connectivity index (χ2n) is 7.62. The third-order valence-electron chi connectivity index (χ3n) is 5.82. The van der Waals surface area contributed by atoms with E-state index in [0.29, 0.717) is 31.7 Å². The Morgan fingerprint density at radius 3 is 2.74 bits per heavy atom. The van der Waals surface area contributed by atoms with Crippen LogP contribution in [0, 0.1) is 5.92 Å². The molecule has 0 radical (unpaired) electrons. The maximum absolute atomic E-state index is 11.3. The van der Waals surface area contributed by atoms with Crippen molar-refractivity contribution in [1.82, 2.24) is 9.80 Å². The molecule has 0 aromatic heterocycles. The number of carbonyl (C=O) groups excluding carboxylic acids is 1. The Hall–Kier alpha value is -0.690. The minimum absolute atomic E-state index is 0.218. The third-order valence-corrected chi connectivity index (χ3v) is 5.82. The van der Waals surface area contributed by atoms with E-state index in [1.165, 1.54) is 12.8 Å². The molecule has 3 saturated heterocycles. The number of primary amides is 1. The summed E-state index contributed by atoms with van der Waals surface area (Å²) < 4.78 is 5.38. The molecule has 3 N–H and O–H groups in total. The van der Waals surface area contributed by atoms with Gasteiger partial charge in [0.1, 0.15) is 0 Å². The zero-order valence-electron chi connectivity index (χ0n) is 14.1. The van der Waals surface area contributed by atoms with E-state index in [9.17, 15) is 9.90 Å². The lowest BCUT2D eigenvalue weighted by molar-refractivity contribution is -0.120. The van der Waals surface area contributed by atoms with Gasteiger partial charge in [-0.15, -0.1) is 0 Å². The zero-order chi connectivity index (χ0) is 16.3. The molecule has 2 atom stereocenters. The Morgan fingerprint density at radius 1 is 1.22 bits per heavy atom. The Balaban J connectivity index is 1.59. The van der Waals surface area contributed by atoms with E-state index in [2.05, 4.69) is 9.80 Å². The van der Waals surface area contributed by atoms with E-state index >= 15 is 0 Å². The standard InChI is InChI=1S/C17H31N3O3/c18-16(21)12-20-7-2-1-3-14-11-19(8-4-15(14)20)13-17(22)5-9-23-10-6-17/h14-15,22H,1-13H2,(H2,18,21)/t14-,15+/m0/s1. The second kappa shape index (κ2) is 7.47. The van der Waals surface area contributed by atoms with E-state index in [-0.39, 0.29) is 5.91 Å². The molecule has 3 fully saturated rings. The molecular weight excluding hydrogens is 294 g/mol. The van der Waals surface area contributed by atoms with Crippen molar-refractivity contribution in [2.75, 3.05) is 45.9 Å². The lowest BCUT2D eigenvalue weighted by Gasteiger charge is -2.45. The SMILES string of the molecule is NC(=O)CN1CCCC[C@H]2CN(CC3(O)CCOCC3)CC[C@H]21. The van der Waals surface area contributed by atoms with Gasteiger partial charge in [-0.1, -0.05) is 6.42 Å². The molecule has 0 aromatic carbocycles. The maximum atomic E-state index is 11.3. The summed E-state index contributed by atoms with van der Waals surface area (Å²) in [5, 5.41) is 10.8. The smallest absolute Gasteiger partial charge is 0.231 e. The molecule has 0 saturated carbocycles. The summed E-state index contributed by atoms with van der Waals surface area (Å²) >= 11 is 0. The summed E-state index contributed by atoms with van der Waals surface area (Å²) in [6.45, 7) is 5.51. The van der Waals surface area contributed by atoms with E-state index in [1.54, 1.807) is 0 Å². The van der Waals surface area contributed by atoms with Crippen LogP contribution in [0.2, 0.25) is 0 Å². The van der Waals surface area contributed by atoms with Crippen LogP contribution in [0.5, 0.6) is 0 Å². The fourth-order valence-electron chi connectivity index (χ4n) is 4.61. The van der Waals surface area contributed by atoms with Crippen LogP contribution >= 0.6 is 0 Å². The van der Waals surface area contributed by atoms with Crippen LogP contribution in [-0.4, -0.2) is 78.4 Å². The van der Waals surface area contributed by atoms with Crippen LogP contribution in [-0.2, 0) is 9.53 Å². The van der Waals surface area contributed by atoms with Crippen LogP contribution in [0.4, 0.5) is 0 Å². The molecule has 0 spiro atoms. The Kier molecular flexibility index (Phi) is 5.57. The molecule has 0 bridgehead atoms. The summed E-state index contributed by atoms with van der Waals surface area (Å²) in [4.78, 5) is 16.1. The number of hydrogen-bond acceptors (Lipinski definition) is 5. The van der Waals surface area contributed by atoms with Crippen LogP contribution in [0.1, 0.15) is 38.5 Å². The van der Waals surface area contributed by atoms with Crippen LogP contribution in [0.25, 0.3) is 0 Å². The molecule has 3 aliphatic heterocycles. The van der Waals surface area contributed by atoms with Crippen molar-refractivity contribution in [3.8, 4) is 0 Å². The summed E-state index contributed by atoms with van der Waals surface area (Å²) in [7, 11) is 0. The molecule has 132 valence electrons. The predicted molar refractivity (Wildman–Crippen MR) is 88.0 cm³/mol. The van der Waals surface area contributed by atoms with Crippen LogP contribution < -0.4 is 5.73 Å². The number of carbonyl (C=O) groups is 1. The maximum Gasteiger partial charge on any atom is 0.231 e. The Bertz CT molecular complexity index is 412. The van der Waals surface area contributed by atoms with Crippen molar-refractivity contribution in [2.24, 2.45) is 11.7 Å². The molecule has 3 aliphatic rings. The predicted octanol–water partition coefficient (Wildman–Crippen LogP) is 0.190. The first-order valence-electron chi connectivity index (χ1n) is 9.11. The van der Waals surface area contributed by atoms with Crippen molar-refractivity contribution in [3.63, 3.8) is 0 Å². The Morgan fingerprint density at radius 2 is 2.00 bits per heavy atom. The number of nitrogens with two attached hydrogens (primary N) is 1. The summed E-state index contributed by atoms with van der Waals surface area (Å²) in [5.41, 5.74) is 4.85. The van der Waals surface area contributed by atoms with E-state index in [4.69, 9.17) is 10.5 Å². The van der Waals surface area contributed by atoms with Gasteiger partial charge in [0.05, 0.1) is 12.1 Å². The average Bonchev–Trinajstić information content (AvgIpc) is 2.69. The molecule has 6 nitrogen and oxygen atoms in total. The number of fused-ring (bicyclic) bond motifs is 1. The third kappa shape index (κ3) is 4.44. The van der Waals surface area contributed by atoms with Gasteiger partial charge >= 0.3 is 0 Å². The summed E-state index contributed by atoms with van der Waals surface area (Å²) in [6.07, 6.45) is 6.16. The van der Waals surface area contributed by atoms with Gasteiger partial charge in [-0.25, -0.2) is 0 Å². The lowest BCUT2D eigenvalue weighted by atomic mass is 9.86. The second-order valence-corrected chi connectivity index (χ2v) is 7.62. The average molecular weight is 325 g/mol. The van der Waals surface area contributed by atoms with E-state index < -0.39 is 5.60 Å². The lowest BCUT2D eigenvalue weighted by Crippen LogP contribution is -2.55. The number of ether oxygens (including phenoxy) is 1. The number of piperidine rings is 1. The fourth-order valence-corrected chi connectivity index (χ4v) is 4.61. The highest BCUT2D eigenvalue weighted by atomic mass is 16.5. The van der Waals surface area contributed by atoms with Gasteiger partial charge < -0.3 is 20.5 Å². The number of hydrogen-bond donors (Lipinski definition) is 2. The van der Waals surface area contributed by atoms with Crippen molar-refractivity contribution in [1.29, 1.82) is 0 Å². The van der Waals surface area contributed by atoms with Crippen molar-refractivity contribution < 1.29 is 14.6 Å². The van der Waals surface area contributed by atoms with Crippen molar-refractivity contribution in [3.05, 3.63) is 0 Å². The largest absolute Gasteiger partial charge is 0.388 e. The Labute approximate surface area is 138 Å². The highest BCUT2D eigenvalue weighted by Gasteiger charge is 2.38. The molecular formula is C17H31N3O3. The number of β-amino-alcohol motifs (C(OH)–C–C–N with tert-alkyl or cyclic N) is 1. The molecule has 0 aliphatic carbocycles. The van der Waals surface area contributed by atoms with E-state index in [1.807, 2.05) is 0 Å². The van der Waals surface area contributed by atoms with Gasteiger partial charge in [0.2, 0.25) is 5.91 Å². The van der Waals surface area contributed by atoms with Crippen molar-refractivity contribution >= 4 is 5.91 Å². The fraction of sp³-hybridized carbons (Fsp3) is 0.941. The summed E-state index contributed by atoms with van der Waals surface area (Å²) in [6, 6.07) is 0.477. The zero-order valence-corrected chi connectivity index (χ0v) is 14.1. The van der Waals surface area contributed by atoms with Gasteiger partial charge in [0.15, 0.2) is 0 Å². The monoisotopic (exact) mass is 325 g/mol. The molecule has 23 heavy (non-hydrogen) atoms. The van der Waals surface area contributed by atoms with Crippen LogP contribution in [0.3, 0.4) is 0 Å². The first-order chi connectivity index (χ1) is 11.1. The van der Waals surface area contributed by atoms with Gasteiger partial charge in [0, 0.05) is 45.2 Å². The number of aliphatic hydroxyl groups is 1. The van der Waals surface area contributed by atoms with E-state index in [0.717, 1.165) is 51.9 Å². The van der Waals surface area contributed by atoms with Gasteiger partial charge in [0.25, 0.3) is 0 Å². The minimum atomic E-state index is -0.581. The minimum Gasteiger partial charge on any atom is -0.388 e. The number of nitrogens with zero attached hydrogens (tertiary/aromatic N) is 2. The van der Waals surface area contributed by atoms with Crippen molar-refractivity contribution in [2.45, 2.75) is 50.2 Å². The first-order valence-corrected chi connectivity index (χ1v) is 9.11. The molecule has 3 heterocycles. The molecule has 1 amide bonds. The number of amides is 1. The van der Waals surface area contributed by atoms with Gasteiger partial charge in [-0.05, 0) is 38.3 Å². The highest BCUT2D eigenvalue weighted by Crippen LogP contribution is 2.31. The first kappa shape index (κ1) is 17.1. The highest BCUT2D eigenvalue weighted by molar-refractivity contribution is 5.75. The number of rotatable bonds is 4. The van der Waals surface area contributed by atoms with Crippen LogP contribution in [0.15, 0.2) is 0 Å². The molecule has 0 unspecified atom stereocenters. The quantitative estimate of drug-likeness (QED) is 0.771. The topological polar surface area (TPSA) is 79.0 Å². The molecule has 6 heteroatoms.